The Morgan fingerprint density at radius 1 is 1.35 bits per heavy atom. The topological polar surface area (TPSA) is 52.6 Å². The second-order valence-corrected chi connectivity index (χ2v) is 7.13. The van der Waals surface area contributed by atoms with E-state index < -0.39 is 5.60 Å². The molecule has 20 heavy (non-hydrogen) atoms. The van der Waals surface area contributed by atoms with Crippen LogP contribution in [0.2, 0.25) is 0 Å². The highest BCUT2D eigenvalue weighted by atomic mass is 16.3. The largest absolute Gasteiger partial charge is 0.390 e. The summed E-state index contributed by atoms with van der Waals surface area (Å²) >= 11 is 0. The van der Waals surface area contributed by atoms with Gasteiger partial charge in [-0.1, -0.05) is 26.7 Å². The maximum Gasteiger partial charge on any atom is 0.234 e. The lowest BCUT2D eigenvalue weighted by atomic mass is 9.71. The van der Waals surface area contributed by atoms with Crippen LogP contribution in [0.25, 0.3) is 0 Å². The molecule has 1 amide bonds. The number of carbonyl (C=O) groups is 1. The van der Waals surface area contributed by atoms with Crippen LogP contribution in [-0.4, -0.2) is 47.2 Å². The fraction of sp³-hybridized carbons (Fsp3) is 0.938. The smallest absolute Gasteiger partial charge is 0.234 e. The van der Waals surface area contributed by atoms with E-state index in [1.807, 2.05) is 0 Å². The average Bonchev–Trinajstić information content (AvgIpc) is 2.38. The molecule has 4 heteroatoms. The van der Waals surface area contributed by atoms with Crippen molar-refractivity contribution in [3.63, 3.8) is 0 Å². The molecule has 1 heterocycles. The van der Waals surface area contributed by atoms with E-state index in [2.05, 4.69) is 31.0 Å². The molecule has 0 spiro atoms. The molecule has 2 N–H and O–H groups in total. The Bertz CT molecular complexity index is 345. The van der Waals surface area contributed by atoms with Crippen LogP contribution in [0.4, 0.5) is 0 Å². The number of aliphatic hydroxyl groups is 1. The maximum atomic E-state index is 12.1. The number of hydrogen-bond acceptors (Lipinski definition) is 3. The number of nitrogens with one attached hydrogen (secondary N) is 1. The van der Waals surface area contributed by atoms with Gasteiger partial charge >= 0.3 is 0 Å². The third-order valence-electron chi connectivity index (χ3n) is 5.27. The van der Waals surface area contributed by atoms with E-state index in [-0.39, 0.29) is 11.9 Å². The van der Waals surface area contributed by atoms with Crippen LogP contribution in [0.15, 0.2) is 0 Å². The van der Waals surface area contributed by atoms with Crippen LogP contribution in [0.5, 0.6) is 0 Å². The first-order valence-corrected chi connectivity index (χ1v) is 8.15. The molecular weight excluding hydrogens is 252 g/mol. The van der Waals surface area contributed by atoms with E-state index in [0.717, 1.165) is 38.8 Å². The second-order valence-electron chi connectivity index (χ2n) is 7.13. The molecule has 3 unspecified atom stereocenters. The fourth-order valence-corrected chi connectivity index (χ4v) is 3.45. The number of hydrogen-bond donors (Lipinski definition) is 2. The summed E-state index contributed by atoms with van der Waals surface area (Å²) in [5, 5.41) is 13.7. The lowest BCUT2D eigenvalue weighted by Crippen LogP contribution is -2.55. The molecule has 4 nitrogen and oxygen atoms in total. The van der Waals surface area contributed by atoms with Crippen molar-refractivity contribution in [2.24, 2.45) is 11.8 Å². The summed E-state index contributed by atoms with van der Waals surface area (Å²) in [6, 6.07) is 0.221. The Kier molecular flexibility index (Phi) is 5.08. The van der Waals surface area contributed by atoms with Crippen molar-refractivity contribution in [3.8, 4) is 0 Å². The van der Waals surface area contributed by atoms with E-state index in [0.29, 0.717) is 18.4 Å². The third-order valence-corrected chi connectivity index (χ3v) is 5.27. The maximum absolute atomic E-state index is 12.1. The van der Waals surface area contributed by atoms with E-state index in [9.17, 15) is 9.90 Å². The van der Waals surface area contributed by atoms with E-state index >= 15 is 0 Å². The van der Waals surface area contributed by atoms with Gasteiger partial charge in [0.15, 0.2) is 0 Å². The molecule has 0 aromatic heterocycles. The lowest BCUT2D eigenvalue weighted by molar-refractivity contribution is -0.128. The van der Waals surface area contributed by atoms with Gasteiger partial charge in [0.05, 0.1) is 12.1 Å². The van der Waals surface area contributed by atoms with E-state index in [4.69, 9.17) is 0 Å². The standard InChI is InChI=1S/C16H30N2O2/c1-12(2)13(3)17-15(19)11-18-9-8-16(20)7-5-4-6-14(16)10-18/h12-14,20H,4-11H2,1-3H3,(H,17,19). The molecule has 0 radical (unpaired) electrons. The number of likely N-dealkylation sites (tertiary alicyclic amines) is 1. The molecular formula is C16H30N2O2. The predicted molar refractivity (Wildman–Crippen MR) is 80.4 cm³/mol. The van der Waals surface area contributed by atoms with Gasteiger partial charge < -0.3 is 10.4 Å². The van der Waals surface area contributed by atoms with Gasteiger partial charge in [0.1, 0.15) is 0 Å². The van der Waals surface area contributed by atoms with Gasteiger partial charge in [0.2, 0.25) is 5.91 Å². The molecule has 2 rings (SSSR count). The minimum Gasteiger partial charge on any atom is -0.390 e. The zero-order valence-corrected chi connectivity index (χ0v) is 13.2. The monoisotopic (exact) mass is 282 g/mol. The van der Waals surface area contributed by atoms with Gasteiger partial charge in [-0.15, -0.1) is 0 Å². The van der Waals surface area contributed by atoms with Crippen molar-refractivity contribution in [2.45, 2.75) is 64.5 Å². The van der Waals surface area contributed by atoms with Gasteiger partial charge in [0.25, 0.3) is 0 Å². The molecule has 3 atom stereocenters. The summed E-state index contributed by atoms with van der Waals surface area (Å²) < 4.78 is 0. The van der Waals surface area contributed by atoms with Crippen LogP contribution < -0.4 is 5.32 Å². The highest BCUT2D eigenvalue weighted by Crippen LogP contribution is 2.39. The van der Waals surface area contributed by atoms with Crippen molar-refractivity contribution in [2.75, 3.05) is 19.6 Å². The number of carbonyl (C=O) groups excluding carboxylic acids is 1. The predicted octanol–water partition coefficient (Wildman–Crippen LogP) is 1.77. The fourth-order valence-electron chi connectivity index (χ4n) is 3.45. The molecule has 2 aliphatic rings. The summed E-state index contributed by atoms with van der Waals surface area (Å²) in [4.78, 5) is 14.3. The summed E-state index contributed by atoms with van der Waals surface area (Å²) in [6.45, 7) is 8.49. The first-order chi connectivity index (χ1) is 9.40. The molecule has 116 valence electrons. The van der Waals surface area contributed by atoms with Crippen molar-refractivity contribution >= 4 is 5.91 Å². The molecule has 1 saturated carbocycles. The zero-order valence-electron chi connectivity index (χ0n) is 13.2. The van der Waals surface area contributed by atoms with Crippen molar-refractivity contribution in [1.82, 2.24) is 10.2 Å². The summed E-state index contributed by atoms with van der Waals surface area (Å²) in [7, 11) is 0. The molecule has 1 aliphatic heterocycles. The van der Waals surface area contributed by atoms with Crippen molar-refractivity contribution in [3.05, 3.63) is 0 Å². The first kappa shape index (κ1) is 15.8. The van der Waals surface area contributed by atoms with Crippen LogP contribution in [0.1, 0.15) is 52.9 Å². The van der Waals surface area contributed by atoms with Gasteiger partial charge in [-0.3, -0.25) is 9.69 Å². The van der Waals surface area contributed by atoms with Crippen molar-refractivity contribution < 1.29 is 9.90 Å². The average molecular weight is 282 g/mol. The number of piperidine rings is 1. The highest BCUT2D eigenvalue weighted by Gasteiger charge is 2.42. The van der Waals surface area contributed by atoms with Crippen LogP contribution in [0.3, 0.4) is 0 Å². The van der Waals surface area contributed by atoms with Crippen LogP contribution >= 0.6 is 0 Å². The third kappa shape index (κ3) is 3.73. The number of rotatable bonds is 4. The summed E-state index contributed by atoms with van der Waals surface area (Å²) in [6.07, 6.45) is 5.25. The number of nitrogens with zero attached hydrogens (tertiary/aromatic N) is 1. The second kappa shape index (κ2) is 6.44. The normalized spacial score (nSPS) is 32.8. The molecule has 2 fully saturated rings. The molecule has 1 saturated heterocycles. The molecule has 0 aromatic carbocycles. The Morgan fingerprint density at radius 2 is 2.10 bits per heavy atom. The zero-order chi connectivity index (χ0) is 14.8. The number of fused-ring (bicyclic) bond motifs is 1. The molecule has 0 bridgehead atoms. The van der Waals surface area contributed by atoms with Gasteiger partial charge in [0, 0.05) is 25.0 Å². The Labute approximate surface area is 122 Å². The summed E-state index contributed by atoms with van der Waals surface area (Å²) in [5.41, 5.74) is -0.448. The quantitative estimate of drug-likeness (QED) is 0.826. The van der Waals surface area contributed by atoms with E-state index in [1.165, 1.54) is 6.42 Å². The SMILES string of the molecule is CC(C)C(C)NC(=O)CN1CCC2(O)CCCCC2C1. The Hall–Kier alpha value is -0.610. The summed E-state index contributed by atoms with van der Waals surface area (Å²) in [5.74, 6) is 0.941. The van der Waals surface area contributed by atoms with Gasteiger partial charge in [-0.05, 0) is 32.1 Å². The van der Waals surface area contributed by atoms with Gasteiger partial charge in [-0.2, -0.15) is 0 Å². The van der Waals surface area contributed by atoms with Gasteiger partial charge in [-0.25, -0.2) is 0 Å². The minimum atomic E-state index is -0.448. The Morgan fingerprint density at radius 3 is 2.80 bits per heavy atom. The minimum absolute atomic E-state index is 0.118. The highest BCUT2D eigenvalue weighted by molar-refractivity contribution is 5.78. The van der Waals surface area contributed by atoms with Crippen molar-refractivity contribution in [1.29, 1.82) is 0 Å². The van der Waals surface area contributed by atoms with Crippen LogP contribution in [0, 0.1) is 11.8 Å². The van der Waals surface area contributed by atoms with E-state index in [1.54, 1.807) is 0 Å². The Balaban J connectivity index is 1.82. The first-order valence-electron chi connectivity index (χ1n) is 8.15. The molecule has 1 aliphatic carbocycles. The van der Waals surface area contributed by atoms with Crippen LogP contribution in [-0.2, 0) is 4.79 Å². The lowest BCUT2D eigenvalue weighted by Gasteiger charge is -2.47. The number of amides is 1. The molecule has 0 aromatic rings.